The highest BCUT2D eigenvalue weighted by Gasteiger charge is 2.34. The first kappa shape index (κ1) is 14.6. The lowest BCUT2D eigenvalue weighted by atomic mass is 10.0. The van der Waals surface area contributed by atoms with E-state index >= 15 is 0 Å². The fourth-order valence-corrected chi connectivity index (χ4v) is 3.83. The molecule has 2 saturated heterocycles. The first-order valence-corrected chi connectivity index (χ1v) is 8.47. The molecule has 2 aliphatic rings. The van der Waals surface area contributed by atoms with E-state index in [1.165, 1.54) is 24.0 Å². The number of ether oxygens (including phenoxy) is 2. The fourth-order valence-electron chi connectivity index (χ4n) is 3.83. The third-order valence-electron chi connectivity index (χ3n) is 4.99. The Morgan fingerprint density at radius 2 is 1.61 bits per heavy atom. The second kappa shape index (κ2) is 6.25. The molecular weight excluding hydrogens is 286 g/mol. The maximum absolute atomic E-state index is 6.28. The van der Waals surface area contributed by atoms with E-state index in [4.69, 9.17) is 9.47 Å². The van der Waals surface area contributed by atoms with Crippen molar-refractivity contribution < 1.29 is 9.47 Å². The number of nitrogens with one attached hydrogen (secondary N) is 1. The maximum atomic E-state index is 6.28. The van der Waals surface area contributed by atoms with E-state index in [2.05, 4.69) is 41.7 Å². The Morgan fingerprint density at radius 1 is 0.870 bits per heavy atom. The number of methoxy groups -OCH3 is 1. The molecule has 3 heteroatoms. The SMILES string of the molecule is COc1ccc(-c2cccc(OC3C[C@H]4CC[C@@H](C3)N4)c2)cc1. The normalized spacial score (nSPS) is 26.0. The molecule has 2 aliphatic heterocycles. The zero-order chi connectivity index (χ0) is 15.6. The van der Waals surface area contributed by atoms with Crippen LogP contribution in [0.25, 0.3) is 11.1 Å². The summed E-state index contributed by atoms with van der Waals surface area (Å²) in [6, 6.07) is 17.9. The van der Waals surface area contributed by atoms with Crippen LogP contribution in [0.3, 0.4) is 0 Å². The molecule has 2 bridgehead atoms. The van der Waals surface area contributed by atoms with Crippen molar-refractivity contribution in [3.63, 3.8) is 0 Å². The van der Waals surface area contributed by atoms with Crippen LogP contribution in [0.5, 0.6) is 11.5 Å². The molecule has 1 N–H and O–H groups in total. The fraction of sp³-hybridized carbons (Fsp3) is 0.400. The summed E-state index contributed by atoms with van der Waals surface area (Å²) in [6.07, 6.45) is 5.21. The summed E-state index contributed by atoms with van der Waals surface area (Å²) in [5, 5.41) is 3.66. The number of fused-ring (bicyclic) bond motifs is 2. The Labute approximate surface area is 137 Å². The molecule has 23 heavy (non-hydrogen) atoms. The van der Waals surface area contributed by atoms with Gasteiger partial charge in [0.2, 0.25) is 0 Å². The quantitative estimate of drug-likeness (QED) is 0.925. The van der Waals surface area contributed by atoms with Gasteiger partial charge < -0.3 is 14.8 Å². The lowest BCUT2D eigenvalue weighted by Gasteiger charge is -2.29. The highest BCUT2D eigenvalue weighted by molar-refractivity contribution is 5.65. The van der Waals surface area contributed by atoms with Crippen molar-refractivity contribution >= 4 is 0 Å². The molecule has 4 rings (SSSR count). The van der Waals surface area contributed by atoms with Gasteiger partial charge in [0.15, 0.2) is 0 Å². The Hall–Kier alpha value is -2.00. The van der Waals surface area contributed by atoms with Crippen LogP contribution in [0.1, 0.15) is 25.7 Å². The molecule has 0 amide bonds. The van der Waals surface area contributed by atoms with E-state index in [1.807, 2.05) is 12.1 Å². The summed E-state index contributed by atoms with van der Waals surface area (Å²) in [4.78, 5) is 0. The molecular formula is C20H23NO2. The number of benzene rings is 2. The van der Waals surface area contributed by atoms with Crippen LogP contribution in [0.15, 0.2) is 48.5 Å². The van der Waals surface area contributed by atoms with E-state index in [0.29, 0.717) is 18.2 Å². The van der Waals surface area contributed by atoms with Crippen molar-refractivity contribution in [2.75, 3.05) is 7.11 Å². The predicted octanol–water partition coefficient (Wildman–Crippen LogP) is 4.02. The number of piperidine rings is 1. The van der Waals surface area contributed by atoms with Crippen LogP contribution in [-0.4, -0.2) is 25.3 Å². The third kappa shape index (κ3) is 3.20. The second-order valence-electron chi connectivity index (χ2n) is 6.61. The minimum atomic E-state index is 0.347. The maximum Gasteiger partial charge on any atom is 0.120 e. The number of rotatable bonds is 4. The molecule has 3 nitrogen and oxygen atoms in total. The topological polar surface area (TPSA) is 30.5 Å². The van der Waals surface area contributed by atoms with E-state index in [-0.39, 0.29) is 0 Å². The molecule has 2 heterocycles. The molecule has 2 aromatic carbocycles. The monoisotopic (exact) mass is 309 g/mol. The molecule has 2 aromatic rings. The van der Waals surface area contributed by atoms with Crippen molar-refractivity contribution in [1.29, 1.82) is 0 Å². The summed E-state index contributed by atoms with van der Waals surface area (Å²) in [6.45, 7) is 0. The predicted molar refractivity (Wildman–Crippen MR) is 92.0 cm³/mol. The second-order valence-corrected chi connectivity index (χ2v) is 6.61. The summed E-state index contributed by atoms with van der Waals surface area (Å²) >= 11 is 0. The van der Waals surface area contributed by atoms with Gasteiger partial charge in [0.1, 0.15) is 17.6 Å². The highest BCUT2D eigenvalue weighted by atomic mass is 16.5. The van der Waals surface area contributed by atoms with Gasteiger partial charge in [-0.25, -0.2) is 0 Å². The molecule has 2 fully saturated rings. The molecule has 1 unspecified atom stereocenters. The summed E-state index contributed by atoms with van der Waals surface area (Å²) in [7, 11) is 1.69. The minimum Gasteiger partial charge on any atom is -0.497 e. The van der Waals surface area contributed by atoms with Crippen LogP contribution in [-0.2, 0) is 0 Å². The highest BCUT2D eigenvalue weighted by Crippen LogP contribution is 2.31. The average molecular weight is 309 g/mol. The average Bonchev–Trinajstić information content (AvgIpc) is 2.94. The molecule has 120 valence electrons. The van der Waals surface area contributed by atoms with Crippen molar-refractivity contribution in [2.24, 2.45) is 0 Å². The Kier molecular flexibility index (Phi) is 3.96. The minimum absolute atomic E-state index is 0.347. The van der Waals surface area contributed by atoms with E-state index in [0.717, 1.165) is 24.3 Å². The van der Waals surface area contributed by atoms with Gasteiger partial charge in [-0.05, 0) is 61.1 Å². The Bertz CT molecular complexity index is 656. The smallest absolute Gasteiger partial charge is 0.120 e. The largest absolute Gasteiger partial charge is 0.497 e. The van der Waals surface area contributed by atoms with Crippen molar-refractivity contribution in [1.82, 2.24) is 5.32 Å². The van der Waals surface area contributed by atoms with Gasteiger partial charge in [-0.1, -0.05) is 24.3 Å². The number of hydrogen-bond acceptors (Lipinski definition) is 3. The molecule has 0 aromatic heterocycles. The lowest BCUT2D eigenvalue weighted by molar-refractivity contribution is 0.137. The van der Waals surface area contributed by atoms with Gasteiger partial charge in [0.25, 0.3) is 0 Å². The van der Waals surface area contributed by atoms with Gasteiger partial charge in [-0.15, -0.1) is 0 Å². The Balaban J connectivity index is 1.49. The van der Waals surface area contributed by atoms with Crippen LogP contribution >= 0.6 is 0 Å². The summed E-state index contributed by atoms with van der Waals surface area (Å²) in [5.41, 5.74) is 2.36. The first-order valence-electron chi connectivity index (χ1n) is 8.47. The molecule has 0 spiro atoms. The zero-order valence-electron chi connectivity index (χ0n) is 13.5. The van der Waals surface area contributed by atoms with Gasteiger partial charge in [0, 0.05) is 12.1 Å². The van der Waals surface area contributed by atoms with Crippen molar-refractivity contribution in [3.8, 4) is 22.6 Å². The molecule has 0 saturated carbocycles. The van der Waals surface area contributed by atoms with Crippen LogP contribution in [0.2, 0.25) is 0 Å². The van der Waals surface area contributed by atoms with Crippen molar-refractivity contribution in [2.45, 2.75) is 43.9 Å². The Morgan fingerprint density at radius 3 is 2.30 bits per heavy atom. The third-order valence-corrected chi connectivity index (χ3v) is 4.99. The van der Waals surface area contributed by atoms with E-state index in [1.54, 1.807) is 7.11 Å². The molecule has 3 atom stereocenters. The van der Waals surface area contributed by atoms with Crippen LogP contribution in [0, 0.1) is 0 Å². The molecule has 0 aliphatic carbocycles. The standard InChI is InChI=1S/C20H23NO2/c1-22-18-9-5-14(6-10-18)15-3-2-4-19(11-15)23-20-12-16-7-8-17(13-20)21-16/h2-6,9-11,16-17,20-21H,7-8,12-13H2,1H3/t16-,17+,20?. The van der Waals surface area contributed by atoms with Gasteiger partial charge in [-0.3, -0.25) is 0 Å². The van der Waals surface area contributed by atoms with E-state index in [9.17, 15) is 0 Å². The van der Waals surface area contributed by atoms with Gasteiger partial charge in [0.05, 0.1) is 7.11 Å². The molecule has 0 radical (unpaired) electrons. The van der Waals surface area contributed by atoms with Crippen LogP contribution < -0.4 is 14.8 Å². The van der Waals surface area contributed by atoms with Gasteiger partial charge >= 0.3 is 0 Å². The summed E-state index contributed by atoms with van der Waals surface area (Å²) in [5.74, 6) is 1.86. The number of hydrogen-bond donors (Lipinski definition) is 1. The summed E-state index contributed by atoms with van der Waals surface area (Å²) < 4.78 is 11.5. The van der Waals surface area contributed by atoms with Crippen LogP contribution in [0.4, 0.5) is 0 Å². The lowest BCUT2D eigenvalue weighted by Crippen LogP contribution is -2.42. The van der Waals surface area contributed by atoms with E-state index < -0.39 is 0 Å². The van der Waals surface area contributed by atoms with Gasteiger partial charge in [-0.2, -0.15) is 0 Å². The zero-order valence-corrected chi connectivity index (χ0v) is 13.5. The first-order chi connectivity index (χ1) is 11.3. The van der Waals surface area contributed by atoms with Crippen molar-refractivity contribution in [3.05, 3.63) is 48.5 Å².